The Kier molecular flexibility index (Phi) is 8.43. The first-order chi connectivity index (χ1) is 25.7. The Labute approximate surface area is 316 Å². The zero-order chi connectivity index (χ0) is 36.5. The van der Waals surface area contributed by atoms with E-state index in [0.29, 0.717) is 34.1 Å². The van der Waals surface area contributed by atoms with Gasteiger partial charge in [-0.1, -0.05) is 53.3 Å². The number of imide groups is 1. The molecule has 0 radical (unpaired) electrons. The summed E-state index contributed by atoms with van der Waals surface area (Å²) in [6.45, 7) is 1.70. The van der Waals surface area contributed by atoms with Gasteiger partial charge in [0.2, 0.25) is 11.8 Å². The number of carbonyl (C=O) groups is 4. The average molecular weight is 766 g/mol. The SMILES string of the molecule is CCOC(=O)c1ccc(N2C(=O)[C@H]3[C@H]4C[C@@H]([C@@H]3C2=O)[C@@H]2[C@H](c3cc(Cl)ccc3OCC(=O)Nc3ccc5ccccc5c3)c3sc(=O)[nH]c3S[C@H]42)cc1. The first-order valence-electron chi connectivity index (χ1n) is 17.5. The molecule has 2 saturated carbocycles. The molecule has 2 aliphatic heterocycles. The fourth-order valence-electron chi connectivity index (χ4n) is 9.08. The lowest BCUT2D eigenvalue weighted by Gasteiger charge is -2.43. The van der Waals surface area contributed by atoms with Gasteiger partial charge in [0.15, 0.2) is 6.61 Å². The summed E-state index contributed by atoms with van der Waals surface area (Å²) < 4.78 is 11.3. The van der Waals surface area contributed by atoms with Crippen LogP contribution in [0.2, 0.25) is 5.02 Å². The van der Waals surface area contributed by atoms with Gasteiger partial charge in [-0.15, -0.1) is 11.8 Å². The number of nitrogens with one attached hydrogen (secondary N) is 2. The van der Waals surface area contributed by atoms with E-state index < -0.39 is 17.8 Å². The Morgan fingerprint density at radius 3 is 2.45 bits per heavy atom. The Bertz CT molecular complexity index is 2390. The van der Waals surface area contributed by atoms with E-state index in [2.05, 4.69) is 10.3 Å². The molecule has 3 amide bonds. The number of rotatable bonds is 8. The molecule has 2 bridgehead atoms. The number of benzene rings is 4. The number of aromatic amines is 1. The van der Waals surface area contributed by atoms with Crippen molar-refractivity contribution in [1.82, 2.24) is 4.98 Å². The standard InChI is InChI=1S/C40H32ClN3O7S2/c1-2-50-39(48)20-8-12-24(13-9-20)44-37(46)32-26-17-27(33(32)38(44)47)34-31(26)30(35-36(52-34)43-40(49)53-35)25-16-22(41)10-14-28(25)51-18-29(45)42-23-11-7-19-5-3-4-6-21(19)15-23/h3-16,26-27,30-34H,2,17-18H2,1H3,(H,42,45)(H,43,49)/t26-,27-,30+,31-,32+,33+,34-/m1/s1. The first-order valence-corrected chi connectivity index (χ1v) is 19.5. The largest absolute Gasteiger partial charge is 0.483 e. The second kappa shape index (κ2) is 13.2. The van der Waals surface area contributed by atoms with Crippen LogP contribution >= 0.6 is 34.7 Å². The average Bonchev–Trinajstić information content (AvgIpc) is 3.90. The van der Waals surface area contributed by atoms with E-state index in [-0.39, 0.29) is 64.7 Å². The summed E-state index contributed by atoms with van der Waals surface area (Å²) in [5.74, 6) is -2.59. The number of nitrogens with zero attached hydrogens (tertiary/aromatic N) is 1. The number of anilines is 2. The minimum Gasteiger partial charge on any atom is -0.483 e. The van der Waals surface area contributed by atoms with E-state index in [0.717, 1.165) is 37.6 Å². The maximum atomic E-state index is 14.3. The molecular weight excluding hydrogens is 734 g/mol. The monoisotopic (exact) mass is 765 g/mol. The molecular formula is C40H32ClN3O7S2. The molecule has 1 saturated heterocycles. The molecule has 268 valence electrons. The smallest absolute Gasteiger partial charge is 0.338 e. The molecule has 53 heavy (non-hydrogen) atoms. The second-order valence-corrected chi connectivity index (χ2v) is 16.5. The minimum absolute atomic E-state index is 0.0603. The Hall–Kier alpha value is -4.91. The van der Waals surface area contributed by atoms with Gasteiger partial charge in [0, 0.05) is 32.3 Å². The van der Waals surface area contributed by atoms with Crippen LogP contribution in [0.4, 0.5) is 11.4 Å². The van der Waals surface area contributed by atoms with Gasteiger partial charge in [0.05, 0.1) is 34.7 Å². The fourth-order valence-corrected chi connectivity index (χ4v) is 12.1. The molecule has 3 fully saturated rings. The number of thiazole rings is 1. The zero-order valence-corrected chi connectivity index (χ0v) is 30.6. The number of amides is 3. The van der Waals surface area contributed by atoms with E-state index in [9.17, 15) is 24.0 Å². The predicted octanol–water partition coefficient (Wildman–Crippen LogP) is 7.12. The highest BCUT2D eigenvalue weighted by atomic mass is 35.5. The normalized spacial score (nSPS) is 25.2. The van der Waals surface area contributed by atoms with Crippen molar-refractivity contribution in [2.24, 2.45) is 29.6 Å². The van der Waals surface area contributed by atoms with Crippen molar-refractivity contribution >= 4 is 80.5 Å². The quantitative estimate of drug-likeness (QED) is 0.126. The molecule has 2 aliphatic carbocycles. The van der Waals surface area contributed by atoms with Gasteiger partial charge < -0.3 is 19.8 Å². The van der Waals surface area contributed by atoms with Crippen molar-refractivity contribution < 1.29 is 28.7 Å². The van der Waals surface area contributed by atoms with Gasteiger partial charge in [-0.05, 0) is 96.5 Å². The van der Waals surface area contributed by atoms with Crippen LogP contribution in [0.3, 0.4) is 0 Å². The highest BCUT2D eigenvalue weighted by Crippen LogP contribution is 2.69. The van der Waals surface area contributed by atoms with E-state index >= 15 is 0 Å². The topological polar surface area (TPSA) is 135 Å². The highest BCUT2D eigenvalue weighted by Gasteiger charge is 2.70. The number of esters is 1. The first kappa shape index (κ1) is 33.9. The summed E-state index contributed by atoms with van der Waals surface area (Å²) in [6, 6.07) is 25.2. The van der Waals surface area contributed by atoms with Crippen LogP contribution in [0.5, 0.6) is 5.75 Å². The maximum absolute atomic E-state index is 14.3. The summed E-state index contributed by atoms with van der Waals surface area (Å²) in [4.78, 5) is 71.6. The van der Waals surface area contributed by atoms with Crippen LogP contribution in [0.25, 0.3) is 10.8 Å². The highest BCUT2D eigenvalue weighted by molar-refractivity contribution is 8.00. The lowest BCUT2D eigenvalue weighted by Crippen LogP contribution is -2.42. The third-order valence-electron chi connectivity index (χ3n) is 11.1. The maximum Gasteiger partial charge on any atom is 0.338 e. The lowest BCUT2D eigenvalue weighted by molar-refractivity contribution is -0.123. The molecule has 5 aromatic rings. The molecule has 2 N–H and O–H groups in total. The summed E-state index contributed by atoms with van der Waals surface area (Å²) in [7, 11) is 0. The van der Waals surface area contributed by atoms with Gasteiger partial charge >= 0.3 is 10.8 Å². The molecule has 7 atom stereocenters. The van der Waals surface area contributed by atoms with Gasteiger partial charge in [0.1, 0.15) is 5.75 Å². The number of thioether (sulfide) groups is 1. The van der Waals surface area contributed by atoms with Crippen LogP contribution in [0.15, 0.2) is 94.7 Å². The molecule has 1 aromatic heterocycles. The summed E-state index contributed by atoms with van der Waals surface area (Å²) in [6.07, 6.45) is 0.700. The number of aromatic nitrogens is 1. The van der Waals surface area contributed by atoms with E-state index in [1.165, 1.54) is 4.90 Å². The van der Waals surface area contributed by atoms with Crippen molar-refractivity contribution in [3.05, 3.63) is 116 Å². The number of H-pyrrole nitrogens is 1. The molecule has 9 rings (SSSR count). The van der Waals surface area contributed by atoms with Gasteiger partial charge in [-0.2, -0.15) is 0 Å². The Morgan fingerprint density at radius 2 is 1.68 bits per heavy atom. The second-order valence-electron chi connectivity index (χ2n) is 13.8. The van der Waals surface area contributed by atoms with Crippen molar-refractivity contribution in [3.63, 3.8) is 0 Å². The van der Waals surface area contributed by atoms with Crippen molar-refractivity contribution in [2.75, 3.05) is 23.4 Å². The summed E-state index contributed by atoms with van der Waals surface area (Å²) in [5.41, 5.74) is 2.14. The molecule has 3 heterocycles. The minimum atomic E-state index is -0.532. The van der Waals surface area contributed by atoms with Crippen LogP contribution in [-0.2, 0) is 19.1 Å². The molecule has 0 spiro atoms. The summed E-state index contributed by atoms with van der Waals surface area (Å²) >= 11 is 9.35. The van der Waals surface area contributed by atoms with Crippen molar-refractivity contribution in [1.29, 1.82) is 0 Å². The van der Waals surface area contributed by atoms with Crippen LogP contribution < -0.4 is 19.8 Å². The number of hydrogen-bond acceptors (Lipinski definition) is 9. The van der Waals surface area contributed by atoms with E-state index in [4.69, 9.17) is 21.1 Å². The van der Waals surface area contributed by atoms with Gasteiger partial charge in [-0.3, -0.25) is 24.1 Å². The van der Waals surface area contributed by atoms with Crippen LogP contribution in [0, 0.1) is 29.6 Å². The number of ether oxygens (including phenoxy) is 2. The number of halogens is 1. The third kappa shape index (κ3) is 5.66. The fraction of sp³-hybridized carbons (Fsp3) is 0.275. The molecule has 4 aliphatic rings. The van der Waals surface area contributed by atoms with Crippen molar-refractivity contribution in [2.45, 2.75) is 29.5 Å². The molecule has 4 aromatic carbocycles. The predicted molar refractivity (Wildman–Crippen MR) is 203 cm³/mol. The summed E-state index contributed by atoms with van der Waals surface area (Å²) in [5, 5.41) is 6.15. The van der Waals surface area contributed by atoms with Crippen LogP contribution in [-0.4, -0.2) is 47.1 Å². The zero-order valence-electron chi connectivity index (χ0n) is 28.2. The molecule has 13 heteroatoms. The van der Waals surface area contributed by atoms with Crippen LogP contribution in [0.1, 0.15) is 40.1 Å². The molecule has 0 unspecified atom stereocenters. The number of fused-ring (bicyclic) bond motifs is 10. The van der Waals surface area contributed by atoms with Gasteiger partial charge in [0.25, 0.3) is 5.91 Å². The van der Waals surface area contributed by atoms with E-state index in [1.807, 2.05) is 48.5 Å². The van der Waals surface area contributed by atoms with Gasteiger partial charge in [-0.25, -0.2) is 4.79 Å². The third-order valence-corrected chi connectivity index (χ3v) is 13.9. The Balaban J connectivity index is 1.01. The number of hydrogen-bond donors (Lipinski definition) is 2. The van der Waals surface area contributed by atoms with E-state index in [1.54, 1.807) is 55.1 Å². The molecule has 10 nitrogen and oxygen atoms in total. The lowest BCUT2D eigenvalue weighted by atomic mass is 9.68. The van der Waals surface area contributed by atoms with Crippen molar-refractivity contribution in [3.8, 4) is 5.75 Å². The Morgan fingerprint density at radius 1 is 0.925 bits per heavy atom. The number of carbonyl (C=O) groups excluding carboxylic acids is 4.